The molecule has 5 heteroatoms. The molecular weight excluding hydrogens is 298 g/mol. The molecule has 1 aliphatic carbocycles. The molecule has 2 unspecified atom stereocenters. The number of aliphatic hydroxyl groups is 1. The van der Waals surface area contributed by atoms with Crippen molar-refractivity contribution < 1.29 is 14.6 Å². The second-order valence-electron chi connectivity index (χ2n) is 6.10. The lowest BCUT2D eigenvalue weighted by Crippen LogP contribution is -2.62. The fraction of sp³-hybridized carbons (Fsp3) is 0.588. The van der Waals surface area contributed by atoms with Crippen molar-refractivity contribution in [1.29, 1.82) is 0 Å². The van der Waals surface area contributed by atoms with Crippen LogP contribution in [0.5, 0.6) is 0 Å². The van der Waals surface area contributed by atoms with E-state index in [9.17, 15) is 9.90 Å². The van der Waals surface area contributed by atoms with Crippen LogP contribution < -0.4 is 0 Å². The molecule has 1 saturated carbocycles. The van der Waals surface area contributed by atoms with Crippen LogP contribution in [0.25, 0.3) is 6.08 Å². The number of carbonyl (C=O) groups excluding carboxylic acids is 1. The maximum atomic E-state index is 12.2. The molecule has 1 aliphatic heterocycles. The van der Waals surface area contributed by atoms with E-state index in [0.29, 0.717) is 19.7 Å². The molecule has 0 radical (unpaired) electrons. The summed E-state index contributed by atoms with van der Waals surface area (Å²) in [5.74, 6) is 0.0602. The van der Waals surface area contributed by atoms with Gasteiger partial charge in [-0.1, -0.05) is 6.07 Å². The van der Waals surface area contributed by atoms with Gasteiger partial charge in [-0.05, 0) is 37.3 Å². The summed E-state index contributed by atoms with van der Waals surface area (Å²) < 4.78 is 5.76. The number of rotatable bonds is 4. The second-order valence-corrected chi connectivity index (χ2v) is 7.08. The zero-order valence-electron chi connectivity index (χ0n) is 12.9. The zero-order chi connectivity index (χ0) is 15.6. The average molecular weight is 321 g/mol. The number of likely N-dealkylation sites (tertiary alicyclic amines) is 1. The first-order chi connectivity index (χ1) is 10.7. The zero-order valence-corrected chi connectivity index (χ0v) is 13.7. The van der Waals surface area contributed by atoms with Gasteiger partial charge in [0.2, 0.25) is 5.91 Å². The molecular formula is C17H23NO3S. The van der Waals surface area contributed by atoms with Crippen LogP contribution in [0.15, 0.2) is 23.6 Å². The molecule has 1 saturated heterocycles. The first kappa shape index (κ1) is 15.7. The molecule has 3 rings (SSSR count). The van der Waals surface area contributed by atoms with E-state index in [1.54, 1.807) is 17.4 Å². The predicted octanol–water partition coefficient (Wildman–Crippen LogP) is 2.54. The third kappa shape index (κ3) is 2.85. The van der Waals surface area contributed by atoms with Crippen LogP contribution in [0.4, 0.5) is 0 Å². The van der Waals surface area contributed by atoms with E-state index < -0.39 is 0 Å². The number of ether oxygens (including phenoxy) is 1. The van der Waals surface area contributed by atoms with E-state index in [4.69, 9.17) is 4.74 Å². The Kier molecular flexibility index (Phi) is 4.66. The molecule has 2 aliphatic rings. The Bertz CT molecular complexity index is 530. The molecule has 1 spiro atoms. The number of carbonyl (C=O) groups is 1. The Morgan fingerprint density at radius 3 is 2.91 bits per heavy atom. The highest BCUT2D eigenvalue weighted by molar-refractivity contribution is 7.10. The standard InChI is InChI=1S/C17H23NO3S/c1-2-21-15-12-14(19)17(15)7-9-18(10-8-17)16(20)6-5-13-4-3-11-22-13/h3-6,11,14-15,19H,2,7-10,12H2,1H3/b6-5+. The summed E-state index contributed by atoms with van der Waals surface area (Å²) in [6.45, 7) is 4.08. The molecule has 1 N–H and O–H groups in total. The van der Waals surface area contributed by atoms with Crippen LogP contribution in [0.1, 0.15) is 31.1 Å². The van der Waals surface area contributed by atoms with Gasteiger partial charge < -0.3 is 14.7 Å². The second kappa shape index (κ2) is 6.52. The lowest BCUT2D eigenvalue weighted by molar-refractivity contribution is -0.209. The summed E-state index contributed by atoms with van der Waals surface area (Å²) >= 11 is 1.62. The minimum atomic E-state index is -0.275. The molecule has 1 aromatic rings. The van der Waals surface area contributed by atoms with Gasteiger partial charge in [0.05, 0.1) is 12.2 Å². The number of hydrogen-bond donors (Lipinski definition) is 1. The average Bonchev–Trinajstić information content (AvgIpc) is 3.06. The van der Waals surface area contributed by atoms with Crippen LogP contribution in [-0.2, 0) is 9.53 Å². The molecule has 2 fully saturated rings. The number of hydrogen-bond acceptors (Lipinski definition) is 4. The van der Waals surface area contributed by atoms with Crippen LogP contribution in [-0.4, -0.2) is 47.8 Å². The van der Waals surface area contributed by atoms with E-state index in [1.807, 2.05) is 35.4 Å². The molecule has 4 nitrogen and oxygen atoms in total. The van der Waals surface area contributed by atoms with Gasteiger partial charge in [-0.15, -0.1) is 11.3 Å². The van der Waals surface area contributed by atoms with E-state index in [-0.39, 0.29) is 23.5 Å². The van der Waals surface area contributed by atoms with Crippen LogP contribution in [0, 0.1) is 5.41 Å². The Labute approximate surface area is 135 Å². The number of nitrogens with zero attached hydrogens (tertiary/aromatic N) is 1. The summed E-state index contributed by atoms with van der Waals surface area (Å²) in [5.41, 5.74) is -0.121. The highest BCUT2D eigenvalue weighted by Gasteiger charge is 2.56. The van der Waals surface area contributed by atoms with Gasteiger partial charge in [0.25, 0.3) is 0 Å². The van der Waals surface area contributed by atoms with Gasteiger partial charge in [-0.3, -0.25) is 4.79 Å². The highest BCUT2D eigenvalue weighted by Crippen LogP contribution is 2.50. The van der Waals surface area contributed by atoms with Gasteiger partial charge >= 0.3 is 0 Å². The van der Waals surface area contributed by atoms with Gasteiger partial charge in [-0.25, -0.2) is 0 Å². The van der Waals surface area contributed by atoms with E-state index in [0.717, 1.165) is 24.1 Å². The quantitative estimate of drug-likeness (QED) is 0.867. The topological polar surface area (TPSA) is 49.8 Å². The fourth-order valence-electron chi connectivity index (χ4n) is 3.61. The lowest BCUT2D eigenvalue weighted by atomic mass is 9.58. The van der Waals surface area contributed by atoms with Crippen LogP contribution >= 0.6 is 11.3 Å². The van der Waals surface area contributed by atoms with Gasteiger partial charge in [0.1, 0.15) is 0 Å². The maximum absolute atomic E-state index is 12.2. The molecule has 22 heavy (non-hydrogen) atoms. The van der Waals surface area contributed by atoms with Crippen molar-refractivity contribution in [2.24, 2.45) is 5.41 Å². The van der Waals surface area contributed by atoms with Crippen molar-refractivity contribution in [1.82, 2.24) is 4.90 Å². The van der Waals surface area contributed by atoms with Gasteiger partial charge in [0, 0.05) is 42.5 Å². The lowest BCUT2D eigenvalue weighted by Gasteiger charge is -2.56. The van der Waals surface area contributed by atoms with Crippen LogP contribution in [0.3, 0.4) is 0 Å². The Morgan fingerprint density at radius 1 is 1.55 bits per heavy atom. The molecule has 0 bridgehead atoms. The van der Waals surface area contributed by atoms with Crippen molar-refractivity contribution in [3.05, 3.63) is 28.5 Å². The van der Waals surface area contributed by atoms with E-state index in [1.165, 1.54) is 0 Å². The van der Waals surface area contributed by atoms with Gasteiger partial charge in [0.15, 0.2) is 0 Å². The highest BCUT2D eigenvalue weighted by atomic mass is 32.1. The third-order valence-corrected chi connectivity index (χ3v) is 5.89. The third-order valence-electron chi connectivity index (χ3n) is 5.05. The van der Waals surface area contributed by atoms with E-state index in [2.05, 4.69) is 0 Å². The fourth-order valence-corrected chi connectivity index (χ4v) is 4.22. The minimum absolute atomic E-state index is 0.0602. The number of amides is 1. The number of thiophene rings is 1. The van der Waals surface area contributed by atoms with Crippen LogP contribution in [0.2, 0.25) is 0 Å². The van der Waals surface area contributed by atoms with Crippen molar-refractivity contribution in [2.75, 3.05) is 19.7 Å². The smallest absolute Gasteiger partial charge is 0.246 e. The summed E-state index contributed by atoms with van der Waals surface area (Å²) in [5, 5.41) is 12.2. The first-order valence-corrected chi connectivity index (χ1v) is 8.84. The first-order valence-electron chi connectivity index (χ1n) is 7.96. The number of piperidine rings is 1. The monoisotopic (exact) mass is 321 g/mol. The molecule has 1 amide bonds. The largest absolute Gasteiger partial charge is 0.392 e. The summed E-state index contributed by atoms with van der Waals surface area (Å²) in [6, 6.07) is 3.97. The number of aliphatic hydroxyl groups excluding tert-OH is 1. The van der Waals surface area contributed by atoms with Crippen molar-refractivity contribution in [3.63, 3.8) is 0 Å². The van der Waals surface area contributed by atoms with Crippen molar-refractivity contribution in [3.8, 4) is 0 Å². The maximum Gasteiger partial charge on any atom is 0.246 e. The Morgan fingerprint density at radius 2 is 2.32 bits per heavy atom. The minimum Gasteiger partial charge on any atom is -0.392 e. The summed E-state index contributed by atoms with van der Waals surface area (Å²) in [7, 11) is 0. The van der Waals surface area contributed by atoms with Gasteiger partial charge in [-0.2, -0.15) is 0 Å². The molecule has 120 valence electrons. The van der Waals surface area contributed by atoms with Crippen molar-refractivity contribution >= 4 is 23.3 Å². The SMILES string of the molecule is CCOC1CC(O)C12CCN(C(=O)/C=C/c1cccs1)CC2. The van der Waals surface area contributed by atoms with E-state index >= 15 is 0 Å². The normalized spacial score (nSPS) is 27.3. The molecule has 2 heterocycles. The molecule has 1 aromatic heterocycles. The Balaban J connectivity index is 1.56. The molecule has 0 aromatic carbocycles. The Hall–Kier alpha value is -1.17. The van der Waals surface area contributed by atoms with Crippen molar-refractivity contribution in [2.45, 2.75) is 38.4 Å². The summed E-state index contributed by atoms with van der Waals surface area (Å²) in [6.07, 6.45) is 5.81. The molecule has 2 atom stereocenters. The summed E-state index contributed by atoms with van der Waals surface area (Å²) in [4.78, 5) is 15.2. The predicted molar refractivity (Wildman–Crippen MR) is 87.6 cm³/mol.